The summed E-state index contributed by atoms with van der Waals surface area (Å²) in [6.45, 7) is 10.1. The van der Waals surface area contributed by atoms with Crippen LogP contribution in [0.15, 0.2) is 0 Å². The Labute approximate surface area is 93.8 Å². The van der Waals surface area contributed by atoms with Gasteiger partial charge in [-0.25, -0.2) is 0 Å². The molecule has 15 heavy (non-hydrogen) atoms. The van der Waals surface area contributed by atoms with Crippen LogP contribution in [0.2, 0.25) is 0 Å². The van der Waals surface area contributed by atoms with Crippen molar-refractivity contribution in [2.24, 2.45) is 11.8 Å². The molecule has 0 aliphatic heterocycles. The quantitative estimate of drug-likeness (QED) is 0.658. The van der Waals surface area contributed by atoms with E-state index in [9.17, 15) is 4.79 Å². The lowest BCUT2D eigenvalue weighted by Gasteiger charge is -2.31. The zero-order valence-corrected chi connectivity index (χ0v) is 11.1. The van der Waals surface area contributed by atoms with E-state index in [2.05, 4.69) is 20.8 Å². The van der Waals surface area contributed by atoms with E-state index in [4.69, 9.17) is 4.74 Å². The lowest BCUT2D eigenvalue weighted by Crippen LogP contribution is -2.44. The first-order valence-corrected chi connectivity index (χ1v) is 5.64. The van der Waals surface area contributed by atoms with E-state index >= 15 is 0 Å². The van der Waals surface area contributed by atoms with Crippen LogP contribution in [0.25, 0.3) is 0 Å². The molecule has 0 aromatic rings. The molecule has 0 heterocycles. The van der Waals surface area contributed by atoms with Crippen LogP contribution in [0.5, 0.6) is 0 Å². The second kappa shape index (κ2) is 6.11. The number of carbonyl (C=O) groups excluding carboxylic acids is 1. The molecule has 0 aliphatic carbocycles. The standard InChI is InChI=1S/C12H25NO2/c1-8(2)10(5)11(13(6)7)12(14)15-9(3)4/h8-11H,1-7H3/t10-,11-/m0/s1. The molecule has 0 fully saturated rings. The molecular formula is C12H25NO2. The molecule has 0 bridgehead atoms. The Morgan fingerprint density at radius 3 is 1.80 bits per heavy atom. The van der Waals surface area contributed by atoms with Crippen LogP contribution in [0.4, 0.5) is 0 Å². The van der Waals surface area contributed by atoms with Crippen molar-refractivity contribution in [3.8, 4) is 0 Å². The fourth-order valence-corrected chi connectivity index (χ4v) is 1.56. The normalized spacial score (nSPS) is 15.9. The molecule has 0 aliphatic rings. The Balaban J connectivity index is 4.59. The zero-order chi connectivity index (χ0) is 12.2. The van der Waals surface area contributed by atoms with Crippen LogP contribution in [0.3, 0.4) is 0 Å². The van der Waals surface area contributed by atoms with Gasteiger partial charge in [-0.05, 0) is 39.8 Å². The van der Waals surface area contributed by atoms with Gasteiger partial charge in [0.2, 0.25) is 0 Å². The number of hydrogen-bond donors (Lipinski definition) is 0. The lowest BCUT2D eigenvalue weighted by molar-refractivity contribution is -0.155. The van der Waals surface area contributed by atoms with Crippen molar-refractivity contribution in [3.05, 3.63) is 0 Å². The molecule has 0 aromatic carbocycles. The van der Waals surface area contributed by atoms with E-state index in [0.29, 0.717) is 11.8 Å². The van der Waals surface area contributed by atoms with E-state index in [1.54, 1.807) is 0 Å². The predicted molar refractivity (Wildman–Crippen MR) is 62.7 cm³/mol. The molecule has 0 unspecified atom stereocenters. The average molecular weight is 215 g/mol. The maximum absolute atomic E-state index is 11.9. The Hall–Kier alpha value is -0.570. The first-order chi connectivity index (χ1) is 6.77. The number of ether oxygens (including phenoxy) is 1. The van der Waals surface area contributed by atoms with Crippen molar-refractivity contribution in [2.45, 2.75) is 46.8 Å². The van der Waals surface area contributed by atoms with Crippen molar-refractivity contribution in [3.63, 3.8) is 0 Å². The summed E-state index contributed by atoms with van der Waals surface area (Å²) in [5, 5.41) is 0. The van der Waals surface area contributed by atoms with Gasteiger partial charge in [0.25, 0.3) is 0 Å². The topological polar surface area (TPSA) is 29.5 Å². The minimum atomic E-state index is -0.146. The van der Waals surface area contributed by atoms with E-state index in [0.717, 1.165) is 0 Å². The fourth-order valence-electron chi connectivity index (χ4n) is 1.56. The van der Waals surface area contributed by atoms with E-state index in [1.807, 2.05) is 32.8 Å². The van der Waals surface area contributed by atoms with Crippen molar-refractivity contribution in [1.29, 1.82) is 0 Å². The second-order valence-electron chi connectivity index (χ2n) is 5.00. The fraction of sp³-hybridized carbons (Fsp3) is 0.917. The molecule has 3 nitrogen and oxygen atoms in total. The number of carbonyl (C=O) groups is 1. The number of nitrogens with zero attached hydrogens (tertiary/aromatic N) is 1. The molecule has 0 radical (unpaired) electrons. The highest BCUT2D eigenvalue weighted by Gasteiger charge is 2.30. The molecule has 0 aromatic heterocycles. The van der Waals surface area contributed by atoms with Crippen molar-refractivity contribution in [1.82, 2.24) is 4.90 Å². The summed E-state index contributed by atoms with van der Waals surface area (Å²) in [5.41, 5.74) is 0. The Morgan fingerprint density at radius 2 is 1.53 bits per heavy atom. The smallest absolute Gasteiger partial charge is 0.323 e. The van der Waals surface area contributed by atoms with Crippen LogP contribution >= 0.6 is 0 Å². The largest absolute Gasteiger partial charge is 0.462 e. The van der Waals surface area contributed by atoms with Crippen molar-refractivity contribution >= 4 is 5.97 Å². The predicted octanol–water partition coefficient (Wildman–Crippen LogP) is 2.16. The monoisotopic (exact) mass is 215 g/mol. The van der Waals surface area contributed by atoms with Gasteiger partial charge >= 0.3 is 5.97 Å². The van der Waals surface area contributed by atoms with Crippen LogP contribution in [0, 0.1) is 11.8 Å². The SMILES string of the molecule is CC(C)OC(=O)[C@H]([C@@H](C)C(C)C)N(C)C. The maximum Gasteiger partial charge on any atom is 0.323 e. The minimum absolute atomic E-state index is 0.0423. The third-order valence-electron chi connectivity index (χ3n) is 2.70. The number of rotatable bonds is 5. The third kappa shape index (κ3) is 4.65. The molecule has 3 heteroatoms. The van der Waals surface area contributed by atoms with Crippen molar-refractivity contribution < 1.29 is 9.53 Å². The van der Waals surface area contributed by atoms with Crippen LogP contribution in [-0.4, -0.2) is 37.1 Å². The molecule has 0 amide bonds. The van der Waals surface area contributed by atoms with Gasteiger partial charge in [0.1, 0.15) is 6.04 Å². The molecule has 2 atom stereocenters. The first-order valence-electron chi connectivity index (χ1n) is 5.64. The summed E-state index contributed by atoms with van der Waals surface area (Å²) in [6.07, 6.45) is -0.0423. The number of hydrogen-bond acceptors (Lipinski definition) is 3. The molecule has 0 rings (SSSR count). The second-order valence-corrected chi connectivity index (χ2v) is 5.00. The zero-order valence-electron chi connectivity index (χ0n) is 11.1. The van der Waals surface area contributed by atoms with Crippen LogP contribution in [-0.2, 0) is 9.53 Å². The van der Waals surface area contributed by atoms with Gasteiger partial charge in [0.05, 0.1) is 6.10 Å². The van der Waals surface area contributed by atoms with E-state index < -0.39 is 0 Å². The van der Waals surface area contributed by atoms with E-state index in [-0.39, 0.29) is 18.1 Å². The summed E-state index contributed by atoms with van der Waals surface area (Å²) >= 11 is 0. The average Bonchev–Trinajstić information content (AvgIpc) is 2.01. The minimum Gasteiger partial charge on any atom is -0.462 e. The van der Waals surface area contributed by atoms with Crippen LogP contribution < -0.4 is 0 Å². The summed E-state index contributed by atoms with van der Waals surface area (Å²) in [5.74, 6) is 0.652. The Bertz CT molecular complexity index is 200. The van der Waals surface area contributed by atoms with Gasteiger partial charge in [-0.1, -0.05) is 20.8 Å². The van der Waals surface area contributed by atoms with Gasteiger partial charge in [-0.15, -0.1) is 0 Å². The van der Waals surface area contributed by atoms with Gasteiger partial charge in [0, 0.05) is 0 Å². The Kier molecular flexibility index (Phi) is 5.88. The van der Waals surface area contributed by atoms with Gasteiger partial charge in [-0.2, -0.15) is 0 Å². The molecule has 0 spiro atoms. The third-order valence-corrected chi connectivity index (χ3v) is 2.70. The molecule has 0 N–H and O–H groups in total. The van der Waals surface area contributed by atoms with E-state index in [1.165, 1.54) is 0 Å². The molecular weight excluding hydrogens is 190 g/mol. The maximum atomic E-state index is 11.9. The highest BCUT2D eigenvalue weighted by atomic mass is 16.5. The lowest BCUT2D eigenvalue weighted by atomic mass is 9.89. The summed E-state index contributed by atoms with van der Waals surface area (Å²) in [6, 6.07) is -0.146. The van der Waals surface area contributed by atoms with Gasteiger partial charge in [0.15, 0.2) is 0 Å². The molecule has 0 saturated carbocycles. The summed E-state index contributed by atoms with van der Waals surface area (Å²) < 4.78 is 5.26. The summed E-state index contributed by atoms with van der Waals surface area (Å²) in [4.78, 5) is 13.8. The molecule has 0 saturated heterocycles. The van der Waals surface area contributed by atoms with Gasteiger partial charge in [-0.3, -0.25) is 9.69 Å². The van der Waals surface area contributed by atoms with Crippen LogP contribution in [0.1, 0.15) is 34.6 Å². The molecule has 90 valence electrons. The highest BCUT2D eigenvalue weighted by Crippen LogP contribution is 2.19. The summed E-state index contributed by atoms with van der Waals surface area (Å²) in [7, 11) is 3.84. The highest BCUT2D eigenvalue weighted by molar-refractivity contribution is 5.76. The Morgan fingerprint density at radius 1 is 1.07 bits per heavy atom. The number of esters is 1. The first kappa shape index (κ1) is 14.4. The van der Waals surface area contributed by atoms with Crippen molar-refractivity contribution in [2.75, 3.05) is 14.1 Å². The van der Waals surface area contributed by atoms with Gasteiger partial charge < -0.3 is 4.74 Å². The number of likely N-dealkylation sites (N-methyl/N-ethyl adjacent to an activating group) is 1.